The van der Waals surface area contributed by atoms with Gasteiger partial charge in [-0.2, -0.15) is 4.31 Å². The summed E-state index contributed by atoms with van der Waals surface area (Å²) in [7, 11) is -3.27. The summed E-state index contributed by atoms with van der Waals surface area (Å²) in [6, 6.07) is -0.0876. The van der Waals surface area contributed by atoms with Gasteiger partial charge >= 0.3 is 0 Å². The molecule has 2 aliphatic carbocycles. The summed E-state index contributed by atoms with van der Waals surface area (Å²) in [4.78, 5) is 11.4. The summed E-state index contributed by atoms with van der Waals surface area (Å²) in [5.74, 6) is 0.353. The Kier molecular flexibility index (Phi) is 3.13. The third-order valence-electron chi connectivity index (χ3n) is 4.90. The van der Waals surface area contributed by atoms with Crippen molar-refractivity contribution in [1.82, 2.24) is 9.62 Å². The van der Waals surface area contributed by atoms with E-state index in [-0.39, 0.29) is 24.2 Å². The predicted molar refractivity (Wildman–Crippen MR) is 72.0 cm³/mol. The predicted octanol–water partition coefficient (Wildman–Crippen LogP) is 0.717. The van der Waals surface area contributed by atoms with Crippen molar-refractivity contribution in [3.05, 3.63) is 0 Å². The molecule has 1 heterocycles. The summed E-state index contributed by atoms with van der Waals surface area (Å²) in [6.07, 6.45) is 6.02. The highest BCUT2D eigenvalue weighted by Crippen LogP contribution is 2.58. The zero-order valence-corrected chi connectivity index (χ0v) is 12.2. The van der Waals surface area contributed by atoms with Gasteiger partial charge in [-0.1, -0.05) is 6.42 Å². The molecule has 1 atom stereocenters. The first kappa shape index (κ1) is 13.4. The van der Waals surface area contributed by atoms with Gasteiger partial charge in [0.2, 0.25) is 15.9 Å². The first-order valence-corrected chi connectivity index (χ1v) is 8.77. The van der Waals surface area contributed by atoms with E-state index in [1.165, 1.54) is 23.6 Å². The molecule has 19 heavy (non-hydrogen) atoms. The highest BCUT2D eigenvalue weighted by atomic mass is 32.2. The van der Waals surface area contributed by atoms with E-state index in [1.807, 2.05) is 6.92 Å². The van der Waals surface area contributed by atoms with Crippen LogP contribution in [0.1, 0.15) is 39.0 Å². The van der Waals surface area contributed by atoms with Crippen LogP contribution in [0.25, 0.3) is 0 Å². The van der Waals surface area contributed by atoms with E-state index in [4.69, 9.17) is 0 Å². The van der Waals surface area contributed by atoms with Gasteiger partial charge in [-0.15, -0.1) is 0 Å². The van der Waals surface area contributed by atoms with Crippen LogP contribution in [0, 0.1) is 11.3 Å². The van der Waals surface area contributed by atoms with Crippen molar-refractivity contribution in [1.29, 1.82) is 0 Å². The summed E-state index contributed by atoms with van der Waals surface area (Å²) in [5.41, 5.74) is 0.507. The van der Waals surface area contributed by atoms with Gasteiger partial charge in [0.25, 0.3) is 0 Å². The lowest BCUT2D eigenvalue weighted by Crippen LogP contribution is -2.56. The van der Waals surface area contributed by atoms with Crippen LogP contribution in [-0.2, 0) is 14.8 Å². The fraction of sp³-hybridized carbons (Fsp3) is 0.923. The van der Waals surface area contributed by atoms with Crippen molar-refractivity contribution in [2.45, 2.75) is 45.1 Å². The second-order valence-electron chi connectivity index (χ2n) is 6.67. The van der Waals surface area contributed by atoms with Crippen molar-refractivity contribution in [2.24, 2.45) is 11.3 Å². The standard InChI is InChI=1S/C13H22N2O3S/c1-10-7-15(8-12(16)14-10)19(17,18)9-11-5-13(6-11)3-2-4-13/h10-11H,2-9H2,1H3,(H,14,16). The van der Waals surface area contributed by atoms with Gasteiger partial charge in [-0.3, -0.25) is 4.79 Å². The highest BCUT2D eigenvalue weighted by molar-refractivity contribution is 7.89. The molecule has 1 spiro atoms. The molecule has 3 fully saturated rings. The molecule has 1 saturated heterocycles. The summed E-state index contributed by atoms with van der Waals surface area (Å²) in [6.45, 7) is 2.24. The average Bonchev–Trinajstić information content (AvgIpc) is 2.18. The van der Waals surface area contributed by atoms with E-state index in [0.29, 0.717) is 17.9 Å². The van der Waals surface area contributed by atoms with E-state index < -0.39 is 10.0 Å². The van der Waals surface area contributed by atoms with Crippen molar-refractivity contribution in [3.8, 4) is 0 Å². The van der Waals surface area contributed by atoms with Crippen molar-refractivity contribution >= 4 is 15.9 Å². The van der Waals surface area contributed by atoms with Crippen LogP contribution in [0.15, 0.2) is 0 Å². The van der Waals surface area contributed by atoms with Crippen LogP contribution >= 0.6 is 0 Å². The van der Waals surface area contributed by atoms with Gasteiger partial charge in [-0.25, -0.2) is 8.42 Å². The average molecular weight is 286 g/mol. The molecule has 1 amide bonds. The second-order valence-corrected chi connectivity index (χ2v) is 8.68. The van der Waals surface area contributed by atoms with Gasteiger partial charge in [0.15, 0.2) is 0 Å². The van der Waals surface area contributed by atoms with Crippen LogP contribution in [-0.4, -0.2) is 43.5 Å². The third kappa shape index (κ3) is 2.52. The zero-order valence-electron chi connectivity index (χ0n) is 11.4. The Labute approximate surface area is 114 Å². The molecule has 0 bridgehead atoms. The Hall–Kier alpha value is -0.620. The summed E-state index contributed by atoms with van der Waals surface area (Å²) in [5, 5.41) is 2.75. The number of rotatable bonds is 3. The Morgan fingerprint density at radius 2 is 2.05 bits per heavy atom. The minimum atomic E-state index is -3.27. The SMILES string of the molecule is CC1CN(S(=O)(=O)CC2CC3(CCC3)C2)CC(=O)N1. The maximum atomic E-state index is 12.3. The van der Waals surface area contributed by atoms with Crippen LogP contribution in [0.5, 0.6) is 0 Å². The number of carbonyl (C=O) groups excluding carboxylic acids is 1. The quantitative estimate of drug-likeness (QED) is 0.831. The van der Waals surface area contributed by atoms with Crippen LogP contribution in [0.3, 0.4) is 0 Å². The van der Waals surface area contributed by atoms with Gasteiger partial charge in [-0.05, 0) is 43.9 Å². The number of nitrogens with zero attached hydrogens (tertiary/aromatic N) is 1. The molecule has 1 unspecified atom stereocenters. The lowest BCUT2D eigenvalue weighted by Gasteiger charge is -2.54. The fourth-order valence-electron chi connectivity index (χ4n) is 3.88. The summed E-state index contributed by atoms with van der Waals surface area (Å²) >= 11 is 0. The molecule has 5 nitrogen and oxygen atoms in total. The molecule has 2 saturated carbocycles. The molecule has 0 radical (unpaired) electrons. The van der Waals surface area contributed by atoms with Crippen LogP contribution < -0.4 is 5.32 Å². The molecule has 3 aliphatic rings. The minimum Gasteiger partial charge on any atom is -0.351 e. The monoisotopic (exact) mass is 286 g/mol. The van der Waals surface area contributed by atoms with Gasteiger partial charge in [0.1, 0.15) is 0 Å². The molecule has 0 aromatic rings. The molecule has 6 heteroatoms. The Morgan fingerprint density at radius 1 is 1.37 bits per heavy atom. The molecule has 108 valence electrons. The largest absolute Gasteiger partial charge is 0.351 e. The number of amides is 1. The molecule has 0 aromatic heterocycles. The maximum Gasteiger partial charge on any atom is 0.235 e. The van der Waals surface area contributed by atoms with Crippen molar-refractivity contribution in [3.63, 3.8) is 0 Å². The normalized spacial score (nSPS) is 31.6. The molecule has 3 rings (SSSR count). The topological polar surface area (TPSA) is 66.5 Å². The Bertz CT molecular complexity index is 476. The highest BCUT2D eigenvalue weighted by Gasteiger charge is 2.49. The van der Waals surface area contributed by atoms with Gasteiger partial charge < -0.3 is 5.32 Å². The van der Waals surface area contributed by atoms with E-state index in [1.54, 1.807) is 0 Å². The van der Waals surface area contributed by atoms with Crippen LogP contribution in [0.4, 0.5) is 0 Å². The number of hydrogen-bond acceptors (Lipinski definition) is 3. The second kappa shape index (κ2) is 4.45. The molecular weight excluding hydrogens is 264 g/mol. The number of hydrogen-bond donors (Lipinski definition) is 1. The number of nitrogens with one attached hydrogen (secondary N) is 1. The first-order valence-electron chi connectivity index (χ1n) is 7.16. The number of piperazine rings is 1. The number of sulfonamides is 1. The molecule has 0 aromatic carbocycles. The fourth-order valence-corrected chi connectivity index (χ4v) is 5.69. The molecular formula is C13H22N2O3S. The Balaban J connectivity index is 1.58. The van der Waals surface area contributed by atoms with E-state index in [9.17, 15) is 13.2 Å². The minimum absolute atomic E-state index is 0.00939. The van der Waals surface area contributed by atoms with E-state index >= 15 is 0 Å². The van der Waals surface area contributed by atoms with E-state index in [0.717, 1.165) is 12.8 Å². The van der Waals surface area contributed by atoms with Crippen molar-refractivity contribution in [2.75, 3.05) is 18.8 Å². The first-order chi connectivity index (χ1) is 8.89. The lowest BCUT2D eigenvalue weighted by molar-refractivity contribution is -0.123. The Morgan fingerprint density at radius 3 is 2.58 bits per heavy atom. The van der Waals surface area contributed by atoms with Crippen LogP contribution in [0.2, 0.25) is 0 Å². The molecule has 1 N–H and O–H groups in total. The van der Waals surface area contributed by atoms with E-state index in [2.05, 4.69) is 5.32 Å². The van der Waals surface area contributed by atoms with Crippen molar-refractivity contribution < 1.29 is 13.2 Å². The number of carbonyl (C=O) groups is 1. The lowest BCUT2D eigenvalue weighted by atomic mass is 9.52. The van der Waals surface area contributed by atoms with Gasteiger partial charge in [0, 0.05) is 12.6 Å². The molecule has 1 aliphatic heterocycles. The maximum absolute atomic E-state index is 12.3. The third-order valence-corrected chi connectivity index (χ3v) is 6.86. The smallest absolute Gasteiger partial charge is 0.235 e. The van der Waals surface area contributed by atoms with Gasteiger partial charge in [0.05, 0.1) is 12.3 Å². The zero-order chi connectivity index (χ0) is 13.7. The summed E-state index contributed by atoms with van der Waals surface area (Å²) < 4.78 is 26.0.